The van der Waals surface area contributed by atoms with Gasteiger partial charge < -0.3 is 15.0 Å². The minimum Gasteiger partial charge on any atom is -0.428 e. The largest absolute Gasteiger partial charge is 0.461 e. The van der Waals surface area contributed by atoms with Gasteiger partial charge in [-0.2, -0.15) is 22.7 Å². The van der Waals surface area contributed by atoms with Gasteiger partial charge in [-0.15, -0.1) is 0 Å². The van der Waals surface area contributed by atoms with E-state index in [1.54, 1.807) is 4.68 Å². The molecule has 12 heteroatoms. The maximum atomic E-state index is 13.4. The number of alkyl halides is 4. The van der Waals surface area contributed by atoms with Crippen molar-refractivity contribution < 1.29 is 31.9 Å². The summed E-state index contributed by atoms with van der Waals surface area (Å²) in [5.74, 6) is 0.294. The molecule has 2 bridgehead atoms. The first-order chi connectivity index (χ1) is 23.7. The van der Waals surface area contributed by atoms with Crippen LogP contribution in [0.2, 0.25) is 0 Å². The van der Waals surface area contributed by atoms with Gasteiger partial charge >= 0.3 is 18.6 Å². The number of nitrogens with zero attached hydrogens (tertiary/aromatic N) is 3. The van der Waals surface area contributed by atoms with E-state index in [-0.39, 0.29) is 29.4 Å². The number of anilines is 2. The highest BCUT2D eigenvalue weighted by atomic mass is 19.3. The molecule has 2 fully saturated rings. The van der Waals surface area contributed by atoms with Crippen molar-refractivity contribution in [3.8, 4) is 11.4 Å². The molecule has 2 atom stereocenters. The van der Waals surface area contributed by atoms with Crippen LogP contribution in [0.3, 0.4) is 0 Å². The molecule has 8 nitrogen and oxygen atoms in total. The fourth-order valence-electron chi connectivity index (χ4n) is 6.86. The molecule has 0 spiro atoms. The Kier molecular flexibility index (Phi) is 9.65. The number of aromatic nitrogens is 2. The molecule has 6 rings (SSSR count). The van der Waals surface area contributed by atoms with Crippen LogP contribution in [0.1, 0.15) is 73.6 Å². The quantitative estimate of drug-likeness (QED) is 0.172. The molecule has 2 unspecified atom stereocenters. The van der Waals surface area contributed by atoms with Gasteiger partial charge in [0.1, 0.15) is 11.6 Å². The molecule has 0 aliphatic carbocycles. The van der Waals surface area contributed by atoms with E-state index in [0.29, 0.717) is 23.0 Å². The Morgan fingerprint density at radius 3 is 2.10 bits per heavy atom. The Labute approximate surface area is 288 Å². The van der Waals surface area contributed by atoms with Gasteiger partial charge in [0.05, 0.1) is 11.4 Å². The molecule has 3 heterocycles. The predicted molar refractivity (Wildman–Crippen MR) is 184 cm³/mol. The third-order valence-corrected chi connectivity index (χ3v) is 9.41. The Hall–Kier alpha value is -4.87. The van der Waals surface area contributed by atoms with Crippen LogP contribution in [0, 0.1) is 12.8 Å². The number of rotatable bonds is 9. The normalized spacial score (nSPS) is 19.1. The molecule has 1 aromatic heterocycles. The van der Waals surface area contributed by atoms with Gasteiger partial charge in [-0.25, -0.2) is 9.48 Å². The number of ether oxygens (including phenoxy) is 1. The minimum absolute atomic E-state index is 0.0575. The van der Waals surface area contributed by atoms with Crippen LogP contribution < -0.4 is 15.4 Å². The number of hydrogen-bond acceptors (Lipinski definition) is 4. The first-order valence-electron chi connectivity index (χ1n) is 16.8. The Balaban J connectivity index is 1.04. The molecule has 2 N–H and O–H groups in total. The van der Waals surface area contributed by atoms with Crippen LogP contribution in [0.5, 0.6) is 5.75 Å². The van der Waals surface area contributed by atoms with Crippen LogP contribution in [0.4, 0.5) is 33.9 Å². The number of aryl methyl sites for hydroxylation is 1. The van der Waals surface area contributed by atoms with Gasteiger partial charge in [-0.3, -0.25) is 10.1 Å². The maximum absolute atomic E-state index is 13.4. The molecule has 4 aromatic rings. The predicted octanol–water partition coefficient (Wildman–Crippen LogP) is 8.98. The summed E-state index contributed by atoms with van der Waals surface area (Å²) < 4.78 is 57.3. The zero-order chi connectivity index (χ0) is 35.8. The number of piperidine rings is 1. The van der Waals surface area contributed by atoms with Crippen molar-refractivity contribution in [3.05, 3.63) is 101 Å². The number of carbonyl (C=O) groups excluding carboxylic acids is 2. The third-order valence-electron chi connectivity index (χ3n) is 9.41. The minimum atomic E-state index is -4.61. The zero-order valence-electron chi connectivity index (χ0n) is 28.4. The number of halogens is 4. The fourth-order valence-corrected chi connectivity index (χ4v) is 6.86. The zero-order valence-corrected chi connectivity index (χ0v) is 28.4. The number of benzene rings is 3. The lowest BCUT2D eigenvalue weighted by molar-refractivity contribution is -0.253. The van der Waals surface area contributed by atoms with E-state index in [2.05, 4.69) is 36.1 Å². The Bertz CT molecular complexity index is 1810. The number of nitrogens with one attached hydrogen (secondary N) is 2. The van der Waals surface area contributed by atoms with Crippen LogP contribution in [-0.2, 0) is 11.8 Å². The lowest BCUT2D eigenvalue weighted by atomic mass is 9.85. The highest BCUT2D eigenvalue weighted by Gasteiger charge is 2.45. The lowest BCUT2D eigenvalue weighted by Gasteiger charge is -2.39. The third kappa shape index (κ3) is 7.79. The average Bonchev–Trinajstić information content (AvgIpc) is 3.60. The highest BCUT2D eigenvalue weighted by Crippen LogP contribution is 2.41. The molecule has 2 aliphatic heterocycles. The average molecular weight is 692 g/mol. The monoisotopic (exact) mass is 691 g/mol. The van der Waals surface area contributed by atoms with E-state index < -0.39 is 18.3 Å². The molecule has 3 amide bonds. The van der Waals surface area contributed by atoms with Gasteiger partial charge in [0.2, 0.25) is 0 Å². The molecule has 0 saturated carbocycles. The summed E-state index contributed by atoms with van der Waals surface area (Å²) in [5, 5.41) is 10.7. The van der Waals surface area contributed by atoms with Crippen LogP contribution >= 0.6 is 0 Å². The van der Waals surface area contributed by atoms with E-state index in [1.807, 2.05) is 66.4 Å². The summed E-state index contributed by atoms with van der Waals surface area (Å²) in [7, 11) is 0. The van der Waals surface area contributed by atoms with Gasteiger partial charge in [0, 0.05) is 34.8 Å². The molecule has 50 heavy (non-hydrogen) atoms. The van der Waals surface area contributed by atoms with E-state index in [9.17, 15) is 27.2 Å². The second-order valence-corrected chi connectivity index (χ2v) is 14.3. The van der Waals surface area contributed by atoms with Crippen molar-refractivity contribution in [2.45, 2.75) is 89.8 Å². The summed E-state index contributed by atoms with van der Waals surface area (Å²) in [4.78, 5) is 28.4. The first kappa shape index (κ1) is 35.0. The number of amides is 3. The van der Waals surface area contributed by atoms with Crippen molar-refractivity contribution in [1.82, 2.24) is 14.7 Å². The maximum Gasteiger partial charge on any atom is 0.461 e. The smallest absolute Gasteiger partial charge is 0.428 e. The molecule has 264 valence electrons. The molecule has 0 radical (unpaired) electrons. The van der Waals surface area contributed by atoms with Gasteiger partial charge in [-0.05, 0) is 99.0 Å². The molecular formula is C38H41F4N5O3. The Morgan fingerprint density at radius 1 is 0.900 bits per heavy atom. The van der Waals surface area contributed by atoms with Crippen LogP contribution in [0.25, 0.3) is 5.69 Å². The van der Waals surface area contributed by atoms with Gasteiger partial charge in [-0.1, -0.05) is 50.6 Å². The number of carbonyl (C=O) groups is 2. The first-order valence-corrected chi connectivity index (χ1v) is 16.8. The molecular weight excluding hydrogens is 650 g/mol. The summed E-state index contributed by atoms with van der Waals surface area (Å²) in [6.07, 6.45) is -4.31. The van der Waals surface area contributed by atoms with Crippen molar-refractivity contribution in [3.63, 3.8) is 0 Å². The fraction of sp³-hybridized carbons (Fsp3) is 0.395. The summed E-state index contributed by atoms with van der Waals surface area (Å²) in [6.45, 7) is 8.24. The second kappa shape index (κ2) is 13.8. The summed E-state index contributed by atoms with van der Waals surface area (Å²) in [5.41, 5.74) is 4.70. The highest BCUT2D eigenvalue weighted by molar-refractivity contribution is 5.99. The van der Waals surface area contributed by atoms with Crippen LogP contribution in [0.15, 0.2) is 78.9 Å². The lowest BCUT2D eigenvalue weighted by Crippen LogP contribution is -2.46. The van der Waals surface area contributed by atoms with Gasteiger partial charge in [0.15, 0.2) is 0 Å². The van der Waals surface area contributed by atoms with Crippen molar-refractivity contribution >= 4 is 23.4 Å². The van der Waals surface area contributed by atoms with E-state index in [4.69, 9.17) is 5.10 Å². The number of fused-ring (bicyclic) bond motifs is 2. The van der Waals surface area contributed by atoms with Crippen molar-refractivity contribution in [2.24, 2.45) is 5.92 Å². The number of urea groups is 1. The number of hydrogen-bond donors (Lipinski definition) is 2. The Morgan fingerprint density at radius 2 is 1.52 bits per heavy atom. The van der Waals surface area contributed by atoms with Crippen molar-refractivity contribution in [1.29, 1.82) is 0 Å². The second-order valence-electron chi connectivity index (χ2n) is 14.3. The van der Waals surface area contributed by atoms with E-state index in [1.165, 1.54) is 12.1 Å². The molecule has 2 aliphatic rings. The van der Waals surface area contributed by atoms with Crippen LogP contribution in [-0.4, -0.2) is 51.2 Å². The molecule has 3 aromatic carbocycles. The van der Waals surface area contributed by atoms with Crippen molar-refractivity contribution in [2.75, 3.05) is 10.6 Å². The standard InChI is InChI=1S/C38H41F4N5O3/c1-23-5-13-28(14-6-23)47-33(22-32(45-47)37(2,3)4)44-36(49)43-27-11-7-24(8-12-27)19-25-20-29-15-16-30(21-25)46(29)34(48)26-9-17-31(18-10-26)50-38(41,42)35(39)40/h5-14,17-18,22,25,29-30,35H,15-16,19-21H2,1-4H3,(H2,43,44,49). The topological polar surface area (TPSA) is 88.5 Å². The van der Waals surface area contributed by atoms with Gasteiger partial charge in [0.25, 0.3) is 5.91 Å². The summed E-state index contributed by atoms with van der Waals surface area (Å²) in [6, 6.07) is 22.2. The SMILES string of the molecule is Cc1ccc(-n2nc(C(C)(C)C)cc2NC(=O)Nc2ccc(CC3CC4CCC(C3)N4C(=O)c3ccc(OC(F)(F)C(F)F)cc3)cc2)cc1. The van der Waals surface area contributed by atoms with E-state index in [0.717, 1.165) is 66.7 Å². The molecule has 2 saturated heterocycles. The van der Waals surface area contributed by atoms with E-state index >= 15 is 0 Å². The summed E-state index contributed by atoms with van der Waals surface area (Å²) >= 11 is 0.